The second-order valence-corrected chi connectivity index (χ2v) is 6.11. The zero-order chi connectivity index (χ0) is 18.1. The Morgan fingerprint density at radius 3 is 2.65 bits per heavy atom. The Morgan fingerprint density at radius 2 is 1.88 bits per heavy atom. The quantitative estimate of drug-likeness (QED) is 0.595. The van der Waals surface area contributed by atoms with Crippen molar-refractivity contribution >= 4 is 16.9 Å². The molecule has 2 aromatic carbocycles. The van der Waals surface area contributed by atoms with Gasteiger partial charge in [-0.2, -0.15) is 0 Å². The lowest BCUT2D eigenvalue weighted by molar-refractivity contribution is 0.0943. The van der Waals surface area contributed by atoms with Gasteiger partial charge in [0, 0.05) is 11.5 Å². The van der Waals surface area contributed by atoms with Crippen molar-refractivity contribution in [2.24, 2.45) is 0 Å². The van der Waals surface area contributed by atoms with Gasteiger partial charge in [0.05, 0.1) is 12.2 Å². The Kier molecular flexibility index (Phi) is 3.93. The molecule has 4 aromatic rings. The maximum atomic E-state index is 12.3. The van der Waals surface area contributed by atoms with Crippen LogP contribution in [0.25, 0.3) is 16.7 Å². The standard InChI is InChI=1S/C20H17N3O3/c1-13-6-8-15(9-7-13)23-19(24)11-17(22-23)20(25)21-12-16-10-14-4-2-3-5-18(14)26-16/h2-11,22H,12H2,1H3,(H,21,25). The van der Waals surface area contributed by atoms with E-state index in [1.54, 1.807) is 0 Å². The van der Waals surface area contributed by atoms with E-state index >= 15 is 0 Å². The molecule has 1 amide bonds. The summed E-state index contributed by atoms with van der Waals surface area (Å²) in [5, 5.41) is 6.58. The average Bonchev–Trinajstić information content (AvgIpc) is 3.23. The van der Waals surface area contributed by atoms with Gasteiger partial charge in [-0.3, -0.25) is 14.7 Å². The number of nitrogens with one attached hydrogen (secondary N) is 2. The first-order valence-corrected chi connectivity index (χ1v) is 8.25. The number of carbonyl (C=O) groups excluding carboxylic acids is 1. The van der Waals surface area contributed by atoms with E-state index in [1.165, 1.54) is 10.7 Å². The molecule has 26 heavy (non-hydrogen) atoms. The molecule has 0 aliphatic heterocycles. The molecule has 0 radical (unpaired) electrons. The molecule has 0 aliphatic rings. The zero-order valence-corrected chi connectivity index (χ0v) is 14.2. The number of benzene rings is 2. The predicted molar refractivity (Wildman–Crippen MR) is 98.5 cm³/mol. The number of H-pyrrole nitrogens is 1. The number of rotatable bonds is 4. The normalized spacial score (nSPS) is 11.0. The third-order valence-corrected chi connectivity index (χ3v) is 4.16. The Bertz CT molecular complexity index is 1100. The van der Waals surface area contributed by atoms with Crippen molar-refractivity contribution in [2.75, 3.05) is 0 Å². The highest BCUT2D eigenvalue weighted by Crippen LogP contribution is 2.18. The summed E-state index contributed by atoms with van der Waals surface area (Å²) in [5.41, 5.74) is 2.46. The van der Waals surface area contributed by atoms with E-state index in [0.29, 0.717) is 11.4 Å². The topological polar surface area (TPSA) is 80.0 Å². The highest BCUT2D eigenvalue weighted by atomic mass is 16.3. The summed E-state index contributed by atoms with van der Waals surface area (Å²) in [4.78, 5) is 24.5. The van der Waals surface area contributed by atoms with E-state index in [2.05, 4.69) is 10.4 Å². The second kappa shape index (κ2) is 6.40. The molecule has 0 aliphatic carbocycles. The number of para-hydroxylation sites is 1. The lowest BCUT2D eigenvalue weighted by atomic mass is 10.2. The molecule has 2 heterocycles. The van der Waals surface area contributed by atoms with E-state index < -0.39 is 0 Å². The number of hydrogen-bond acceptors (Lipinski definition) is 3. The summed E-state index contributed by atoms with van der Waals surface area (Å²) in [6, 6.07) is 18.3. The molecule has 2 N–H and O–H groups in total. The van der Waals surface area contributed by atoms with Crippen molar-refractivity contribution in [3.8, 4) is 5.69 Å². The number of hydrogen-bond donors (Lipinski definition) is 2. The van der Waals surface area contributed by atoms with E-state index in [-0.39, 0.29) is 23.7 Å². The van der Waals surface area contributed by atoms with Crippen LogP contribution in [0.15, 0.2) is 69.9 Å². The molecular weight excluding hydrogens is 330 g/mol. The van der Waals surface area contributed by atoms with Crippen LogP contribution in [0.5, 0.6) is 0 Å². The molecule has 6 heteroatoms. The number of aryl methyl sites for hydroxylation is 1. The van der Waals surface area contributed by atoms with E-state index in [1.807, 2.05) is 61.5 Å². The molecule has 0 bridgehead atoms. The van der Waals surface area contributed by atoms with Crippen molar-refractivity contribution in [3.05, 3.63) is 88.0 Å². The highest BCUT2D eigenvalue weighted by Gasteiger charge is 2.13. The number of aromatic nitrogens is 2. The van der Waals surface area contributed by atoms with Crippen LogP contribution >= 0.6 is 0 Å². The molecule has 0 saturated heterocycles. The Labute approximate surface area is 149 Å². The lowest BCUT2D eigenvalue weighted by Gasteiger charge is -2.03. The summed E-state index contributed by atoms with van der Waals surface area (Å²) >= 11 is 0. The number of nitrogens with zero attached hydrogens (tertiary/aromatic N) is 1. The van der Waals surface area contributed by atoms with Gasteiger partial charge < -0.3 is 9.73 Å². The first-order chi connectivity index (χ1) is 12.6. The van der Waals surface area contributed by atoms with Gasteiger partial charge in [0.15, 0.2) is 0 Å². The average molecular weight is 347 g/mol. The van der Waals surface area contributed by atoms with Crippen molar-refractivity contribution < 1.29 is 9.21 Å². The number of furan rings is 1. The van der Waals surface area contributed by atoms with Crippen LogP contribution in [0.4, 0.5) is 0 Å². The predicted octanol–water partition coefficient (Wildman–Crippen LogP) is 3.15. The van der Waals surface area contributed by atoms with Gasteiger partial charge in [-0.25, -0.2) is 4.68 Å². The van der Waals surface area contributed by atoms with Crippen LogP contribution in [0.1, 0.15) is 21.8 Å². The van der Waals surface area contributed by atoms with Gasteiger partial charge >= 0.3 is 0 Å². The van der Waals surface area contributed by atoms with Gasteiger partial charge in [0.25, 0.3) is 11.5 Å². The zero-order valence-electron chi connectivity index (χ0n) is 14.2. The lowest BCUT2D eigenvalue weighted by Crippen LogP contribution is -2.23. The molecule has 130 valence electrons. The minimum absolute atomic E-state index is 0.201. The number of carbonyl (C=O) groups is 1. The van der Waals surface area contributed by atoms with Crippen molar-refractivity contribution in [1.82, 2.24) is 15.1 Å². The van der Waals surface area contributed by atoms with Crippen molar-refractivity contribution in [2.45, 2.75) is 13.5 Å². The minimum atomic E-state index is -0.367. The van der Waals surface area contributed by atoms with Crippen LogP contribution in [0, 0.1) is 6.92 Å². The van der Waals surface area contributed by atoms with Gasteiger partial charge in [0.2, 0.25) is 0 Å². The van der Waals surface area contributed by atoms with Gasteiger partial charge in [-0.15, -0.1) is 0 Å². The van der Waals surface area contributed by atoms with Crippen LogP contribution in [-0.4, -0.2) is 15.7 Å². The van der Waals surface area contributed by atoms with Crippen LogP contribution in [0.2, 0.25) is 0 Å². The van der Waals surface area contributed by atoms with Crippen LogP contribution in [-0.2, 0) is 6.54 Å². The number of aromatic amines is 1. The molecule has 0 atom stereocenters. The molecule has 0 unspecified atom stereocenters. The number of fused-ring (bicyclic) bond motifs is 1. The largest absolute Gasteiger partial charge is 0.459 e. The minimum Gasteiger partial charge on any atom is -0.459 e. The fourth-order valence-electron chi connectivity index (χ4n) is 2.78. The summed E-state index contributed by atoms with van der Waals surface area (Å²) < 4.78 is 7.01. The molecular formula is C20H17N3O3. The molecule has 2 aromatic heterocycles. The second-order valence-electron chi connectivity index (χ2n) is 6.11. The maximum Gasteiger partial charge on any atom is 0.271 e. The first-order valence-electron chi connectivity index (χ1n) is 8.25. The molecule has 0 spiro atoms. The monoisotopic (exact) mass is 347 g/mol. The van der Waals surface area contributed by atoms with Crippen LogP contribution < -0.4 is 10.9 Å². The molecule has 0 fully saturated rings. The van der Waals surface area contributed by atoms with Gasteiger partial charge in [0.1, 0.15) is 17.0 Å². The van der Waals surface area contributed by atoms with Crippen molar-refractivity contribution in [3.63, 3.8) is 0 Å². The first kappa shape index (κ1) is 16.0. The van der Waals surface area contributed by atoms with Crippen LogP contribution in [0.3, 0.4) is 0 Å². The summed E-state index contributed by atoms with van der Waals surface area (Å²) in [7, 11) is 0. The van der Waals surface area contributed by atoms with E-state index in [9.17, 15) is 9.59 Å². The third-order valence-electron chi connectivity index (χ3n) is 4.16. The summed E-state index contributed by atoms with van der Waals surface area (Å²) in [6.07, 6.45) is 0. The Hall–Kier alpha value is -3.54. The fraction of sp³-hybridized carbons (Fsp3) is 0.100. The van der Waals surface area contributed by atoms with Crippen molar-refractivity contribution in [1.29, 1.82) is 0 Å². The molecule has 4 rings (SSSR count). The fourth-order valence-corrected chi connectivity index (χ4v) is 2.78. The Balaban J connectivity index is 1.50. The van der Waals surface area contributed by atoms with E-state index in [4.69, 9.17) is 4.42 Å². The molecule has 6 nitrogen and oxygen atoms in total. The van der Waals surface area contributed by atoms with Gasteiger partial charge in [-0.1, -0.05) is 35.9 Å². The SMILES string of the molecule is Cc1ccc(-n2[nH]c(C(=O)NCc3cc4ccccc4o3)cc2=O)cc1. The summed E-state index contributed by atoms with van der Waals surface area (Å²) in [6.45, 7) is 2.21. The van der Waals surface area contributed by atoms with Gasteiger partial charge in [-0.05, 0) is 31.2 Å². The number of amides is 1. The Morgan fingerprint density at radius 1 is 1.12 bits per heavy atom. The smallest absolute Gasteiger partial charge is 0.271 e. The maximum absolute atomic E-state index is 12.3. The van der Waals surface area contributed by atoms with E-state index in [0.717, 1.165) is 16.5 Å². The summed E-state index contributed by atoms with van der Waals surface area (Å²) in [5.74, 6) is 0.285. The highest BCUT2D eigenvalue weighted by molar-refractivity contribution is 5.92. The molecule has 0 saturated carbocycles. The third kappa shape index (κ3) is 3.04.